The van der Waals surface area contributed by atoms with Crippen molar-refractivity contribution in [1.82, 2.24) is 5.32 Å². The van der Waals surface area contributed by atoms with Gasteiger partial charge in [-0.1, -0.05) is 12.1 Å². The van der Waals surface area contributed by atoms with Crippen LogP contribution in [-0.2, 0) is 6.54 Å². The summed E-state index contributed by atoms with van der Waals surface area (Å²) in [6.45, 7) is 0.236. The molecule has 0 atom stereocenters. The monoisotopic (exact) mass is 280 g/mol. The second-order valence-electron chi connectivity index (χ2n) is 4.38. The molecular formula is C16H12N2O3. The van der Waals surface area contributed by atoms with Crippen LogP contribution >= 0.6 is 0 Å². The largest absolute Gasteiger partial charge is 0.478 e. The van der Waals surface area contributed by atoms with Gasteiger partial charge in [0.25, 0.3) is 5.91 Å². The van der Waals surface area contributed by atoms with Gasteiger partial charge in [0.05, 0.1) is 17.2 Å². The van der Waals surface area contributed by atoms with Gasteiger partial charge in [-0.2, -0.15) is 5.26 Å². The first kappa shape index (κ1) is 14.3. The van der Waals surface area contributed by atoms with Crippen molar-refractivity contribution >= 4 is 11.9 Å². The number of hydrogen-bond donors (Lipinski definition) is 2. The van der Waals surface area contributed by atoms with Gasteiger partial charge in [-0.05, 0) is 42.0 Å². The highest BCUT2D eigenvalue weighted by Gasteiger charge is 2.07. The second-order valence-corrected chi connectivity index (χ2v) is 4.38. The fraction of sp³-hybridized carbons (Fsp3) is 0.0625. The second kappa shape index (κ2) is 6.35. The summed E-state index contributed by atoms with van der Waals surface area (Å²) >= 11 is 0. The van der Waals surface area contributed by atoms with Crippen molar-refractivity contribution < 1.29 is 14.7 Å². The molecule has 0 aliphatic heterocycles. The van der Waals surface area contributed by atoms with Crippen molar-refractivity contribution in [3.05, 3.63) is 70.8 Å². The molecule has 104 valence electrons. The maximum atomic E-state index is 11.9. The Kier molecular flexibility index (Phi) is 4.32. The van der Waals surface area contributed by atoms with Crippen molar-refractivity contribution in [2.24, 2.45) is 0 Å². The lowest BCUT2D eigenvalue weighted by atomic mass is 10.1. The average molecular weight is 280 g/mol. The van der Waals surface area contributed by atoms with E-state index in [-0.39, 0.29) is 18.0 Å². The topological polar surface area (TPSA) is 90.2 Å². The summed E-state index contributed by atoms with van der Waals surface area (Å²) < 4.78 is 0. The van der Waals surface area contributed by atoms with Crippen molar-refractivity contribution in [3.8, 4) is 6.07 Å². The van der Waals surface area contributed by atoms with Crippen molar-refractivity contribution in [2.45, 2.75) is 6.54 Å². The molecule has 0 aliphatic carbocycles. The third kappa shape index (κ3) is 3.67. The molecule has 2 aromatic carbocycles. The molecule has 5 nitrogen and oxygen atoms in total. The molecule has 0 bridgehead atoms. The van der Waals surface area contributed by atoms with Gasteiger partial charge in [0.15, 0.2) is 0 Å². The first-order valence-electron chi connectivity index (χ1n) is 6.21. The van der Waals surface area contributed by atoms with Crippen LogP contribution in [0.2, 0.25) is 0 Å². The molecular weight excluding hydrogens is 268 g/mol. The van der Waals surface area contributed by atoms with Crippen LogP contribution in [-0.4, -0.2) is 17.0 Å². The highest BCUT2D eigenvalue weighted by molar-refractivity contribution is 5.94. The molecule has 21 heavy (non-hydrogen) atoms. The fourth-order valence-corrected chi connectivity index (χ4v) is 1.79. The van der Waals surface area contributed by atoms with Crippen LogP contribution in [0.5, 0.6) is 0 Å². The molecule has 0 radical (unpaired) electrons. The Hall–Kier alpha value is -3.13. The first-order chi connectivity index (χ1) is 10.1. The highest BCUT2D eigenvalue weighted by atomic mass is 16.4. The third-order valence-electron chi connectivity index (χ3n) is 2.90. The normalized spacial score (nSPS) is 9.67. The lowest BCUT2D eigenvalue weighted by Gasteiger charge is -2.06. The molecule has 0 aromatic heterocycles. The Morgan fingerprint density at radius 1 is 1.10 bits per heavy atom. The lowest BCUT2D eigenvalue weighted by Crippen LogP contribution is -2.22. The number of hydrogen-bond acceptors (Lipinski definition) is 3. The quantitative estimate of drug-likeness (QED) is 0.898. The van der Waals surface area contributed by atoms with E-state index in [1.165, 1.54) is 12.1 Å². The third-order valence-corrected chi connectivity index (χ3v) is 2.90. The number of rotatable bonds is 4. The molecule has 0 aliphatic rings. The molecule has 2 aromatic rings. The van der Waals surface area contributed by atoms with Crippen LogP contribution < -0.4 is 5.32 Å². The summed E-state index contributed by atoms with van der Waals surface area (Å²) in [6.07, 6.45) is 0. The number of benzene rings is 2. The number of amides is 1. The number of nitrogens with one attached hydrogen (secondary N) is 1. The van der Waals surface area contributed by atoms with Gasteiger partial charge in [-0.3, -0.25) is 4.79 Å². The van der Waals surface area contributed by atoms with Crippen LogP contribution in [0, 0.1) is 11.3 Å². The van der Waals surface area contributed by atoms with E-state index in [0.717, 1.165) is 0 Å². The molecule has 1 amide bonds. The number of aromatic carboxylic acids is 1. The van der Waals surface area contributed by atoms with Gasteiger partial charge in [-0.15, -0.1) is 0 Å². The summed E-state index contributed by atoms with van der Waals surface area (Å²) in [4.78, 5) is 22.8. The summed E-state index contributed by atoms with van der Waals surface area (Å²) in [5.41, 5.74) is 1.82. The van der Waals surface area contributed by atoms with E-state index in [2.05, 4.69) is 5.32 Å². The molecule has 2 rings (SSSR count). The Bertz CT molecular complexity index is 715. The van der Waals surface area contributed by atoms with E-state index in [1.54, 1.807) is 36.4 Å². The van der Waals surface area contributed by atoms with Gasteiger partial charge in [0.1, 0.15) is 0 Å². The van der Waals surface area contributed by atoms with Gasteiger partial charge in [0, 0.05) is 12.1 Å². The van der Waals surface area contributed by atoms with Crippen molar-refractivity contribution in [1.29, 1.82) is 5.26 Å². The maximum Gasteiger partial charge on any atom is 0.335 e. The minimum atomic E-state index is -1.00. The Balaban J connectivity index is 2.02. The maximum absolute atomic E-state index is 11.9. The first-order valence-corrected chi connectivity index (χ1v) is 6.21. The van der Waals surface area contributed by atoms with E-state index in [9.17, 15) is 9.59 Å². The van der Waals surface area contributed by atoms with Crippen LogP contribution in [0.4, 0.5) is 0 Å². The zero-order valence-corrected chi connectivity index (χ0v) is 11.0. The van der Waals surface area contributed by atoms with E-state index >= 15 is 0 Å². The molecule has 0 unspecified atom stereocenters. The van der Waals surface area contributed by atoms with E-state index < -0.39 is 5.97 Å². The van der Waals surface area contributed by atoms with Crippen LogP contribution in [0.1, 0.15) is 31.8 Å². The summed E-state index contributed by atoms with van der Waals surface area (Å²) in [6, 6.07) is 14.6. The fourth-order valence-electron chi connectivity index (χ4n) is 1.79. The molecule has 0 spiro atoms. The van der Waals surface area contributed by atoms with Crippen molar-refractivity contribution in [3.63, 3.8) is 0 Å². The van der Waals surface area contributed by atoms with Crippen LogP contribution in [0.15, 0.2) is 48.5 Å². The molecule has 0 saturated carbocycles. The predicted octanol–water partition coefficient (Wildman–Crippen LogP) is 2.19. The van der Waals surface area contributed by atoms with Gasteiger partial charge in [-0.25, -0.2) is 4.79 Å². The molecule has 0 fully saturated rings. The summed E-state index contributed by atoms with van der Waals surface area (Å²) in [5.74, 6) is -1.28. The van der Waals surface area contributed by atoms with Crippen LogP contribution in [0.25, 0.3) is 0 Å². The molecule has 5 heteroatoms. The summed E-state index contributed by atoms with van der Waals surface area (Å²) in [7, 11) is 0. The Morgan fingerprint density at radius 3 is 2.43 bits per heavy atom. The number of carboxylic acids is 1. The lowest BCUT2D eigenvalue weighted by molar-refractivity contribution is 0.0696. The Morgan fingerprint density at radius 2 is 1.81 bits per heavy atom. The zero-order chi connectivity index (χ0) is 15.2. The summed E-state index contributed by atoms with van der Waals surface area (Å²) in [5, 5.41) is 20.3. The standard InChI is InChI=1S/C16H12N2O3/c17-9-11-4-6-13(7-5-11)15(19)18-10-12-2-1-3-14(8-12)16(20)21/h1-8H,10H2,(H,18,19)(H,20,21). The number of carbonyl (C=O) groups excluding carboxylic acids is 1. The minimum absolute atomic E-state index is 0.181. The number of carboxylic acid groups (broad SMARTS) is 1. The average Bonchev–Trinajstić information content (AvgIpc) is 2.53. The Labute approximate surface area is 121 Å². The van der Waals surface area contributed by atoms with Crippen molar-refractivity contribution in [2.75, 3.05) is 0 Å². The van der Waals surface area contributed by atoms with Crippen LogP contribution in [0.3, 0.4) is 0 Å². The number of nitrogens with zero attached hydrogens (tertiary/aromatic N) is 1. The zero-order valence-electron chi connectivity index (χ0n) is 11.0. The van der Waals surface area contributed by atoms with E-state index in [4.69, 9.17) is 10.4 Å². The molecule has 0 heterocycles. The minimum Gasteiger partial charge on any atom is -0.478 e. The predicted molar refractivity (Wildman–Crippen MR) is 75.7 cm³/mol. The van der Waals surface area contributed by atoms with Gasteiger partial charge >= 0.3 is 5.97 Å². The van der Waals surface area contributed by atoms with E-state index in [0.29, 0.717) is 16.7 Å². The van der Waals surface area contributed by atoms with Gasteiger partial charge < -0.3 is 10.4 Å². The molecule has 2 N–H and O–H groups in total. The van der Waals surface area contributed by atoms with E-state index in [1.807, 2.05) is 6.07 Å². The number of nitriles is 1. The smallest absolute Gasteiger partial charge is 0.335 e. The molecule has 0 saturated heterocycles. The highest BCUT2D eigenvalue weighted by Crippen LogP contribution is 2.07. The SMILES string of the molecule is N#Cc1ccc(C(=O)NCc2cccc(C(=O)O)c2)cc1. The van der Waals surface area contributed by atoms with Gasteiger partial charge in [0.2, 0.25) is 0 Å². The number of carbonyl (C=O) groups is 2.